The number of aliphatic hydroxyl groups is 30. The Morgan fingerprint density at radius 2 is 0.582 bits per heavy atom. The van der Waals surface area contributed by atoms with Crippen LogP contribution < -0.4 is 31.9 Å². The second-order valence-corrected chi connectivity index (χ2v) is 36.7. The first kappa shape index (κ1) is 120. The summed E-state index contributed by atoms with van der Waals surface area (Å²) in [6, 6.07) is -11.7. The van der Waals surface area contributed by atoms with Gasteiger partial charge in [-0.1, -0.05) is 0 Å². The van der Waals surface area contributed by atoms with Crippen molar-refractivity contribution in [1.29, 1.82) is 0 Å². The Morgan fingerprint density at radius 1 is 0.281 bits per heavy atom. The molecule has 0 bridgehead atoms. The second-order valence-electron chi connectivity index (χ2n) is 36.7. The standard InChI is InChI=1S/C81H134N6O59/c1-19(98)82-37-25(104)7-81(80(124)125,145-65(37)43(106)26(105)8-88)146-67-48(111)31(13-93)131-77(59(67)122)140-62-34(16-96)134-73(41(53(62)116)86-23(5)102)143-68-55(118)46(109)29(11-91)132-78(68)126-18-36-49(112)66(58(121)76(136-36)139-61-33(15-95)133-72(40(52(61)115)85-22(4)101)137-60-32(14-94)127-70(123)38(51(60)114)83-20(2)99)142-79-69(144-71-39(84-21(3)100)50(113)44(107)27(9-89)128-71)57(120)63(35(17-97)135-79)138-74-42(87-24(6)103)64(47(110)30(12-92)129-74)141-75-56(119)54(117)45(108)28(10-90)130-75/h25-79,88-97,104-123H,7-18H2,1-6H3,(H,82,98)(H,83,99)(H,84,100)(H,85,101)(H,86,102)(H,87,103)(H,124,125)/t25-,26+,27+,28+,29+,30+,31+,32+,33+,34+,35+,36+,37+,38+,39+,40+,41+,42+,43+,44+,45-,46+,47+,48-,49+,50+,51+,52+,53+,54-,55-,56+,57-,58-,59+,60+,61+,62+,63+,64+,65+,66-,67-,68-,69-,70+,71-,72-,73-,74-,75-,76-,77-,78-,79+,81-/m0/s1. The van der Waals surface area contributed by atoms with Gasteiger partial charge in [-0.15, -0.1) is 0 Å². The zero-order chi connectivity index (χ0) is 108. The Bertz CT molecular complexity index is 4160. The van der Waals surface area contributed by atoms with E-state index in [0.717, 1.165) is 41.5 Å². The van der Waals surface area contributed by atoms with Gasteiger partial charge in [0.2, 0.25) is 35.4 Å². The lowest BCUT2D eigenvalue weighted by Gasteiger charge is -2.52. The normalized spacial score (nSPS) is 47.0. The van der Waals surface area contributed by atoms with Crippen molar-refractivity contribution < 1.29 is 291 Å². The maximum absolute atomic E-state index is 13.4. The van der Waals surface area contributed by atoms with Gasteiger partial charge < -0.3 is 290 Å². The van der Waals surface area contributed by atoms with Crippen molar-refractivity contribution in [2.45, 2.75) is 391 Å². The fourth-order valence-electron chi connectivity index (χ4n) is 18.9. The first-order chi connectivity index (χ1) is 68.9. The predicted molar refractivity (Wildman–Crippen MR) is 449 cm³/mol. The number of ether oxygens (including phenoxy) is 21. The van der Waals surface area contributed by atoms with Crippen molar-refractivity contribution in [3.05, 3.63) is 0 Å². The number of amides is 6. The molecule has 11 aliphatic rings. The minimum absolute atomic E-state index is 0.840. The number of hydrogen-bond donors (Lipinski definition) is 37. The second kappa shape index (κ2) is 52.5. The maximum atomic E-state index is 13.4. The van der Waals surface area contributed by atoms with Gasteiger partial charge in [0.05, 0.1) is 84.8 Å². The third-order valence-corrected chi connectivity index (χ3v) is 26.4. The topological polar surface area (TPSA) is 1010 Å². The van der Waals surface area contributed by atoms with E-state index < -0.39 is 464 Å². The van der Waals surface area contributed by atoms with Crippen LogP contribution in [-0.2, 0) is 133 Å². The number of carbonyl (C=O) groups excluding carboxylic acids is 6. The molecular weight excluding hydrogens is 2000 g/mol. The van der Waals surface area contributed by atoms with Crippen LogP contribution in [0.4, 0.5) is 0 Å². The third kappa shape index (κ3) is 26.7. The number of hydrogen-bond acceptors (Lipinski definition) is 58. The molecule has 146 heavy (non-hydrogen) atoms. The molecule has 56 atom stereocenters. The van der Waals surface area contributed by atoms with Crippen LogP contribution in [0.5, 0.6) is 0 Å². The highest BCUT2D eigenvalue weighted by Crippen LogP contribution is 2.44. The molecule has 0 saturated carbocycles. The molecule has 11 aliphatic heterocycles. The summed E-state index contributed by atoms with van der Waals surface area (Å²) in [5, 5.41) is 366. The van der Waals surface area contributed by atoms with E-state index in [9.17, 15) is 192 Å². The Balaban J connectivity index is 0.951. The molecule has 6 amide bonds. The lowest BCUT2D eigenvalue weighted by molar-refractivity contribution is -0.404. The largest absolute Gasteiger partial charge is 0.477 e. The lowest BCUT2D eigenvalue weighted by Crippen LogP contribution is -2.71. The highest BCUT2D eigenvalue weighted by Gasteiger charge is 2.65. The van der Waals surface area contributed by atoms with Crippen LogP contribution in [0.3, 0.4) is 0 Å². The van der Waals surface area contributed by atoms with E-state index in [1.807, 2.05) is 0 Å². The van der Waals surface area contributed by atoms with Crippen LogP contribution in [0.1, 0.15) is 48.0 Å². The summed E-state index contributed by atoms with van der Waals surface area (Å²) >= 11 is 0. The summed E-state index contributed by atoms with van der Waals surface area (Å²) in [6.45, 7) is -8.16. The molecule has 11 heterocycles. The van der Waals surface area contributed by atoms with Gasteiger partial charge in [-0.05, 0) is 0 Å². The average molecular weight is 2140 g/mol. The van der Waals surface area contributed by atoms with Crippen LogP contribution in [-0.4, -0.2) is 615 Å². The average Bonchev–Trinajstić information content (AvgIpc) is 0.750. The zero-order valence-electron chi connectivity index (χ0n) is 78.5. The van der Waals surface area contributed by atoms with Crippen LogP contribution in [0.2, 0.25) is 0 Å². The molecular formula is C81H134N6O59. The molecule has 65 nitrogen and oxygen atoms in total. The lowest BCUT2D eigenvalue weighted by atomic mass is 9.88. The monoisotopic (exact) mass is 2130 g/mol. The predicted octanol–water partition coefficient (Wildman–Crippen LogP) is -24.9. The molecule has 0 aliphatic carbocycles. The molecule has 0 spiro atoms. The fourth-order valence-corrected chi connectivity index (χ4v) is 18.9. The molecule has 0 aromatic rings. The summed E-state index contributed by atoms with van der Waals surface area (Å²) < 4.78 is 127. The van der Waals surface area contributed by atoms with Crippen LogP contribution in [0.25, 0.3) is 0 Å². The molecule has 0 unspecified atom stereocenters. The number of carbonyl (C=O) groups is 7. The number of nitrogens with one attached hydrogen (secondary N) is 6. The SMILES string of the molecule is CC(=O)N[C@@H]1[C@@H](O)[C@H](O[C@@H]2O[C@H](CO)[C@@H](O[C@@H]3O[C@H](CO[C@H]4O[C@H](CO)[C@@H](O)[C@H](O)[C@@H]4O[C@@H]4O[C@H](CO)[C@@H](O[C@@H]5O[C@H](CO)[C@H](O)[C@H](O[C@]6(C(=O)O)C[C@H](O)[C@@H](NC(C)=O)[C@H]([C@H](O)[C@H](O)CO)O6)[C@H]5O)[C@H](O)[C@H]4NC(C)=O)[C@@H](O)[C@H](O[C@H]4O[C@H](CO)[C@@H](O[C@@H]5O[C@H](CO)[C@@H](O)[C@H](O[C@@H]6O[C@H](CO)[C@H](O)[C@H](O)[C@H]6O)[C@H]5NC(C)=O)[C@H](O)[C@@H]4O[C@@H]4O[C@H](CO)[C@@H](O)[C@H](O)[C@H]4NC(C)=O)[C@@H]3O)[C@H](O)[C@H]2NC(C)=O)[C@@H](CO)O[C@H]1O. The molecule has 11 fully saturated rings. The van der Waals surface area contributed by atoms with Gasteiger partial charge in [-0.3, -0.25) is 28.8 Å². The third-order valence-electron chi connectivity index (χ3n) is 26.4. The van der Waals surface area contributed by atoms with Gasteiger partial charge in [0, 0.05) is 48.0 Å². The van der Waals surface area contributed by atoms with Crippen molar-refractivity contribution in [3.8, 4) is 0 Å². The van der Waals surface area contributed by atoms with Gasteiger partial charge >= 0.3 is 5.97 Å². The Labute approximate surface area is 825 Å². The Morgan fingerprint density at radius 3 is 1.03 bits per heavy atom. The van der Waals surface area contributed by atoms with Crippen LogP contribution >= 0.6 is 0 Å². The molecule has 65 heteroatoms. The van der Waals surface area contributed by atoms with Crippen molar-refractivity contribution >= 4 is 41.4 Å². The van der Waals surface area contributed by atoms with Crippen LogP contribution in [0, 0.1) is 0 Å². The Kier molecular flexibility index (Phi) is 43.3. The van der Waals surface area contributed by atoms with E-state index in [4.69, 9.17) is 99.5 Å². The number of aliphatic hydroxyl groups excluding tert-OH is 30. The molecule has 11 rings (SSSR count). The highest BCUT2D eigenvalue weighted by atomic mass is 16.8. The highest BCUT2D eigenvalue weighted by molar-refractivity contribution is 5.77. The summed E-state index contributed by atoms with van der Waals surface area (Å²) in [6.07, 6.45) is -112. The van der Waals surface area contributed by atoms with Gasteiger partial charge in [0.15, 0.2) is 62.9 Å². The molecule has 0 aromatic heterocycles. The summed E-state index contributed by atoms with van der Waals surface area (Å²) in [4.78, 5) is 90.9. The summed E-state index contributed by atoms with van der Waals surface area (Å²) in [5.74, 6) is -11.4. The van der Waals surface area contributed by atoms with E-state index in [0.29, 0.717) is 0 Å². The van der Waals surface area contributed by atoms with Crippen molar-refractivity contribution in [2.75, 3.05) is 72.7 Å². The van der Waals surface area contributed by atoms with E-state index >= 15 is 0 Å². The molecule has 842 valence electrons. The molecule has 37 N–H and O–H groups in total. The van der Waals surface area contributed by atoms with Crippen molar-refractivity contribution in [1.82, 2.24) is 31.9 Å². The number of carboxylic acid groups (broad SMARTS) is 1. The van der Waals surface area contributed by atoms with Gasteiger partial charge in [0.1, 0.15) is 262 Å². The van der Waals surface area contributed by atoms with E-state index in [1.54, 1.807) is 0 Å². The van der Waals surface area contributed by atoms with Gasteiger partial charge in [-0.25, -0.2) is 4.79 Å². The summed E-state index contributed by atoms with van der Waals surface area (Å²) in [7, 11) is 0. The number of carboxylic acids is 1. The smallest absolute Gasteiger partial charge is 0.364 e. The zero-order valence-corrected chi connectivity index (χ0v) is 78.5. The van der Waals surface area contributed by atoms with Crippen molar-refractivity contribution in [2.24, 2.45) is 0 Å². The fraction of sp³-hybridized carbons (Fsp3) is 0.914. The van der Waals surface area contributed by atoms with Crippen LogP contribution in [0.15, 0.2) is 0 Å². The minimum Gasteiger partial charge on any atom is -0.477 e. The first-order valence-corrected chi connectivity index (χ1v) is 46.3. The quantitative estimate of drug-likeness (QED) is 0.0271. The minimum atomic E-state index is -3.35. The molecule has 0 radical (unpaired) electrons. The van der Waals surface area contributed by atoms with E-state index in [1.165, 1.54) is 0 Å². The number of rotatable bonds is 40. The first-order valence-electron chi connectivity index (χ1n) is 46.3. The summed E-state index contributed by atoms with van der Waals surface area (Å²) in [5.41, 5.74) is 0. The molecule has 0 aromatic carbocycles. The maximum Gasteiger partial charge on any atom is 0.364 e. The molecule has 11 saturated heterocycles. The van der Waals surface area contributed by atoms with Gasteiger partial charge in [-0.2, -0.15) is 0 Å². The van der Waals surface area contributed by atoms with Gasteiger partial charge in [0.25, 0.3) is 5.79 Å². The number of aliphatic carboxylic acids is 1. The Hall–Kier alpha value is -5.75. The van der Waals surface area contributed by atoms with Crippen molar-refractivity contribution in [3.63, 3.8) is 0 Å². The van der Waals surface area contributed by atoms with E-state index in [2.05, 4.69) is 31.9 Å². The van der Waals surface area contributed by atoms with E-state index in [-0.39, 0.29) is 0 Å².